The molecule has 3 heteroatoms. The fourth-order valence-electron chi connectivity index (χ4n) is 2.99. The van der Waals surface area contributed by atoms with Crippen molar-refractivity contribution in [2.75, 3.05) is 40.3 Å². The molecule has 0 aliphatic heterocycles. The predicted octanol–water partition coefficient (Wildman–Crippen LogP) is 2.20. The number of nitrogens with zero attached hydrogens (tertiary/aromatic N) is 2. The summed E-state index contributed by atoms with van der Waals surface area (Å²) >= 11 is 0. The Bertz CT molecular complexity index is 203. The Morgan fingerprint density at radius 3 is 2.39 bits per heavy atom. The summed E-state index contributed by atoms with van der Waals surface area (Å²) < 4.78 is 0. The van der Waals surface area contributed by atoms with Crippen molar-refractivity contribution in [3.05, 3.63) is 0 Å². The molecule has 1 aliphatic carbocycles. The van der Waals surface area contributed by atoms with Crippen LogP contribution in [0.4, 0.5) is 0 Å². The molecular weight excluding hydrogens is 224 g/mol. The van der Waals surface area contributed by atoms with Crippen LogP contribution in [0.1, 0.15) is 45.4 Å². The van der Waals surface area contributed by atoms with Crippen LogP contribution in [0.3, 0.4) is 0 Å². The highest BCUT2D eigenvalue weighted by Crippen LogP contribution is 2.28. The molecule has 3 nitrogen and oxygen atoms in total. The maximum absolute atomic E-state index is 10.2. The topological polar surface area (TPSA) is 26.7 Å². The molecule has 108 valence electrons. The van der Waals surface area contributed by atoms with Gasteiger partial charge in [0.2, 0.25) is 0 Å². The third kappa shape index (κ3) is 6.72. The molecule has 0 heterocycles. The number of hydrogen-bond donors (Lipinski definition) is 1. The van der Waals surface area contributed by atoms with Crippen molar-refractivity contribution in [3.63, 3.8) is 0 Å². The number of rotatable bonds is 9. The van der Waals surface area contributed by atoms with Crippen molar-refractivity contribution in [2.24, 2.45) is 5.92 Å². The average Bonchev–Trinajstić information content (AvgIpc) is 2.79. The molecule has 1 unspecified atom stereocenters. The Balaban J connectivity index is 2.15. The van der Waals surface area contributed by atoms with Gasteiger partial charge in [0.25, 0.3) is 0 Å². The van der Waals surface area contributed by atoms with E-state index in [1.807, 2.05) is 0 Å². The van der Waals surface area contributed by atoms with Gasteiger partial charge in [-0.2, -0.15) is 0 Å². The van der Waals surface area contributed by atoms with E-state index in [9.17, 15) is 5.11 Å². The lowest BCUT2D eigenvalue weighted by atomic mass is 10.00. The van der Waals surface area contributed by atoms with E-state index in [0.717, 1.165) is 38.5 Å². The third-order valence-electron chi connectivity index (χ3n) is 4.08. The predicted molar refractivity (Wildman–Crippen MR) is 77.9 cm³/mol. The van der Waals surface area contributed by atoms with E-state index >= 15 is 0 Å². The van der Waals surface area contributed by atoms with Gasteiger partial charge in [-0.05, 0) is 52.5 Å². The maximum atomic E-state index is 10.2. The second-order valence-electron chi connectivity index (χ2n) is 6.09. The smallest absolute Gasteiger partial charge is 0.0669 e. The van der Waals surface area contributed by atoms with Crippen LogP contribution in [0, 0.1) is 5.92 Å². The summed E-state index contributed by atoms with van der Waals surface area (Å²) in [6.45, 7) is 6.35. The zero-order chi connectivity index (χ0) is 13.4. The third-order valence-corrected chi connectivity index (χ3v) is 4.08. The Morgan fingerprint density at radius 1 is 1.17 bits per heavy atom. The summed E-state index contributed by atoms with van der Waals surface area (Å²) in [5, 5.41) is 10.2. The first-order valence-electron chi connectivity index (χ1n) is 7.67. The summed E-state index contributed by atoms with van der Waals surface area (Å²) in [5.41, 5.74) is 0. The lowest BCUT2D eigenvalue weighted by Crippen LogP contribution is -2.35. The monoisotopic (exact) mass is 256 g/mol. The lowest BCUT2D eigenvalue weighted by molar-refractivity contribution is 0.0919. The molecule has 0 saturated heterocycles. The molecule has 0 bridgehead atoms. The summed E-state index contributed by atoms with van der Waals surface area (Å²) in [6.07, 6.45) is 7.51. The van der Waals surface area contributed by atoms with Gasteiger partial charge in [0.1, 0.15) is 0 Å². The summed E-state index contributed by atoms with van der Waals surface area (Å²) in [5.74, 6) is 0.792. The van der Waals surface area contributed by atoms with E-state index in [1.54, 1.807) is 0 Å². The van der Waals surface area contributed by atoms with Crippen molar-refractivity contribution < 1.29 is 5.11 Å². The quantitative estimate of drug-likeness (QED) is 0.685. The van der Waals surface area contributed by atoms with Gasteiger partial charge >= 0.3 is 0 Å². The molecule has 1 fully saturated rings. The van der Waals surface area contributed by atoms with Crippen LogP contribution in [0.15, 0.2) is 0 Å². The van der Waals surface area contributed by atoms with Gasteiger partial charge in [0, 0.05) is 6.54 Å². The highest BCUT2D eigenvalue weighted by molar-refractivity contribution is 4.73. The van der Waals surface area contributed by atoms with Gasteiger partial charge in [-0.3, -0.25) is 0 Å². The summed E-state index contributed by atoms with van der Waals surface area (Å²) in [7, 11) is 4.23. The normalized spacial score (nSPS) is 19.0. The molecule has 1 aliphatic rings. The van der Waals surface area contributed by atoms with E-state index in [-0.39, 0.29) is 6.10 Å². The molecular formula is C15H32N2O. The van der Waals surface area contributed by atoms with E-state index in [4.69, 9.17) is 0 Å². The van der Waals surface area contributed by atoms with E-state index in [0.29, 0.717) is 0 Å². The minimum Gasteiger partial charge on any atom is -0.392 e. The Morgan fingerprint density at radius 2 is 1.83 bits per heavy atom. The Labute approximate surface area is 113 Å². The Hall–Kier alpha value is -0.120. The Kier molecular flexibility index (Phi) is 7.87. The molecule has 0 spiro atoms. The molecule has 1 atom stereocenters. The van der Waals surface area contributed by atoms with Crippen molar-refractivity contribution in [2.45, 2.75) is 51.6 Å². The first-order chi connectivity index (χ1) is 8.61. The van der Waals surface area contributed by atoms with Crippen molar-refractivity contribution in [1.29, 1.82) is 0 Å². The van der Waals surface area contributed by atoms with Crippen LogP contribution in [0.25, 0.3) is 0 Å². The van der Waals surface area contributed by atoms with Gasteiger partial charge in [-0.15, -0.1) is 0 Å². The van der Waals surface area contributed by atoms with Crippen molar-refractivity contribution >= 4 is 0 Å². The van der Waals surface area contributed by atoms with Crippen LogP contribution < -0.4 is 0 Å². The molecule has 1 saturated carbocycles. The van der Waals surface area contributed by atoms with E-state index in [1.165, 1.54) is 32.1 Å². The van der Waals surface area contributed by atoms with Gasteiger partial charge in [-0.25, -0.2) is 0 Å². The number of aliphatic hydroxyl groups is 1. The lowest BCUT2D eigenvalue weighted by Gasteiger charge is -2.25. The van der Waals surface area contributed by atoms with E-state index < -0.39 is 0 Å². The minimum atomic E-state index is -0.118. The molecule has 0 radical (unpaired) electrons. The van der Waals surface area contributed by atoms with Gasteiger partial charge in [0.05, 0.1) is 6.10 Å². The molecule has 0 amide bonds. The molecule has 0 aromatic rings. The van der Waals surface area contributed by atoms with Crippen LogP contribution in [0.5, 0.6) is 0 Å². The molecule has 18 heavy (non-hydrogen) atoms. The van der Waals surface area contributed by atoms with Crippen molar-refractivity contribution in [1.82, 2.24) is 9.80 Å². The molecule has 0 aromatic heterocycles. The maximum Gasteiger partial charge on any atom is 0.0669 e. The summed E-state index contributed by atoms with van der Waals surface area (Å²) in [4.78, 5) is 4.62. The van der Waals surface area contributed by atoms with E-state index in [2.05, 4.69) is 30.8 Å². The van der Waals surface area contributed by atoms with Crippen LogP contribution in [0.2, 0.25) is 0 Å². The van der Waals surface area contributed by atoms with Gasteiger partial charge < -0.3 is 14.9 Å². The second kappa shape index (κ2) is 8.89. The molecule has 0 aromatic carbocycles. The fraction of sp³-hybridized carbons (Fsp3) is 1.00. The first-order valence-corrected chi connectivity index (χ1v) is 7.67. The summed E-state index contributed by atoms with van der Waals surface area (Å²) in [6, 6.07) is 0. The highest BCUT2D eigenvalue weighted by atomic mass is 16.3. The average molecular weight is 256 g/mol. The van der Waals surface area contributed by atoms with Crippen LogP contribution >= 0.6 is 0 Å². The molecule has 1 rings (SSSR count). The fourth-order valence-corrected chi connectivity index (χ4v) is 2.99. The van der Waals surface area contributed by atoms with Crippen LogP contribution in [-0.2, 0) is 0 Å². The number of likely N-dealkylation sites (N-methyl/N-ethyl adjacent to an activating group) is 1. The first kappa shape index (κ1) is 15.9. The SMILES string of the molecule is CCN(CCCN(C)C)CC(O)CC1CCCC1. The van der Waals surface area contributed by atoms with Crippen molar-refractivity contribution in [3.8, 4) is 0 Å². The second-order valence-corrected chi connectivity index (χ2v) is 6.09. The molecule has 1 N–H and O–H groups in total. The van der Waals surface area contributed by atoms with Gasteiger partial charge in [-0.1, -0.05) is 32.6 Å². The zero-order valence-electron chi connectivity index (χ0n) is 12.6. The van der Waals surface area contributed by atoms with Gasteiger partial charge in [0.15, 0.2) is 0 Å². The number of hydrogen-bond acceptors (Lipinski definition) is 3. The zero-order valence-corrected chi connectivity index (χ0v) is 12.6. The standard InChI is InChI=1S/C15H32N2O/c1-4-17(11-7-10-16(2)3)13-15(18)12-14-8-5-6-9-14/h14-15,18H,4-13H2,1-3H3. The highest BCUT2D eigenvalue weighted by Gasteiger charge is 2.20. The largest absolute Gasteiger partial charge is 0.392 e. The number of aliphatic hydroxyl groups excluding tert-OH is 1. The van der Waals surface area contributed by atoms with Crippen LogP contribution in [-0.4, -0.2) is 61.3 Å². The minimum absolute atomic E-state index is 0.118.